The fourth-order valence-electron chi connectivity index (χ4n) is 1.67. The third kappa shape index (κ3) is 1.59. The van der Waals surface area contributed by atoms with Gasteiger partial charge in [-0.3, -0.25) is 0 Å². The van der Waals surface area contributed by atoms with Crippen molar-refractivity contribution in [2.24, 2.45) is 0 Å². The Morgan fingerprint density at radius 2 is 2.08 bits per heavy atom. The normalized spacial score (nSPS) is 10.9. The minimum absolute atomic E-state index is 0.989. The van der Waals surface area contributed by atoms with E-state index in [1.165, 1.54) is 17.4 Å². The van der Waals surface area contributed by atoms with E-state index < -0.39 is 0 Å². The molecule has 13 heavy (non-hydrogen) atoms. The van der Waals surface area contributed by atoms with Gasteiger partial charge in [-0.2, -0.15) is 0 Å². The first-order valence-corrected chi connectivity index (χ1v) is 4.78. The number of rotatable bonds is 2. The minimum Gasteiger partial charge on any atom is -0.461 e. The van der Waals surface area contributed by atoms with Crippen LogP contribution in [0.4, 0.5) is 0 Å². The van der Waals surface area contributed by atoms with E-state index in [1.807, 2.05) is 6.92 Å². The molecule has 1 heterocycles. The molecule has 1 nitrogen and oxygen atoms in total. The molecule has 0 aliphatic heterocycles. The van der Waals surface area contributed by atoms with Crippen LogP contribution in [0.1, 0.15) is 24.7 Å². The van der Waals surface area contributed by atoms with Crippen LogP contribution < -0.4 is 0 Å². The maximum Gasteiger partial charge on any atom is 0.134 e. The minimum atomic E-state index is 0.989. The van der Waals surface area contributed by atoms with Crippen molar-refractivity contribution in [3.63, 3.8) is 0 Å². The molecule has 0 fully saturated rings. The molecule has 2 rings (SSSR count). The summed E-state index contributed by atoms with van der Waals surface area (Å²) in [6, 6.07) is 8.52. The molecule has 0 N–H and O–H groups in total. The van der Waals surface area contributed by atoms with Crippen molar-refractivity contribution in [1.29, 1.82) is 0 Å². The number of hydrogen-bond donors (Lipinski definition) is 0. The Morgan fingerprint density at radius 1 is 1.23 bits per heavy atom. The predicted molar refractivity (Wildman–Crippen MR) is 54.9 cm³/mol. The molecule has 0 atom stereocenters. The van der Waals surface area contributed by atoms with Crippen molar-refractivity contribution in [3.05, 3.63) is 35.6 Å². The molecule has 68 valence electrons. The highest BCUT2D eigenvalue weighted by molar-refractivity contribution is 5.78. The standard InChI is InChI=1S/C12H14O/c1-3-4-10-5-6-12-11(8-10)7-9(2)13-12/h5-8H,3-4H2,1-2H3. The lowest BCUT2D eigenvalue weighted by Crippen LogP contribution is -1.80. The lowest BCUT2D eigenvalue weighted by molar-refractivity contribution is 0.578. The summed E-state index contributed by atoms with van der Waals surface area (Å²) >= 11 is 0. The van der Waals surface area contributed by atoms with Crippen molar-refractivity contribution in [1.82, 2.24) is 0 Å². The van der Waals surface area contributed by atoms with E-state index in [0.717, 1.165) is 17.8 Å². The highest BCUT2D eigenvalue weighted by atomic mass is 16.3. The molecular weight excluding hydrogens is 160 g/mol. The molecule has 0 saturated carbocycles. The van der Waals surface area contributed by atoms with Crippen molar-refractivity contribution in [3.8, 4) is 0 Å². The number of furan rings is 1. The third-order valence-corrected chi connectivity index (χ3v) is 2.24. The van der Waals surface area contributed by atoms with Crippen molar-refractivity contribution in [2.45, 2.75) is 26.7 Å². The van der Waals surface area contributed by atoms with Gasteiger partial charge >= 0.3 is 0 Å². The van der Waals surface area contributed by atoms with Crippen molar-refractivity contribution >= 4 is 11.0 Å². The van der Waals surface area contributed by atoms with Gasteiger partial charge in [-0.1, -0.05) is 19.4 Å². The summed E-state index contributed by atoms with van der Waals surface area (Å²) in [5.41, 5.74) is 2.40. The first-order chi connectivity index (χ1) is 6.29. The molecular formula is C12H14O. The molecule has 0 aliphatic carbocycles. The predicted octanol–water partition coefficient (Wildman–Crippen LogP) is 3.69. The fourth-order valence-corrected chi connectivity index (χ4v) is 1.67. The highest BCUT2D eigenvalue weighted by Gasteiger charge is 2.00. The largest absolute Gasteiger partial charge is 0.461 e. The van der Waals surface area contributed by atoms with E-state index in [9.17, 15) is 0 Å². The zero-order valence-corrected chi connectivity index (χ0v) is 8.13. The topological polar surface area (TPSA) is 13.1 Å². The Balaban J connectivity index is 2.48. The quantitative estimate of drug-likeness (QED) is 0.676. The monoisotopic (exact) mass is 174 g/mol. The summed E-state index contributed by atoms with van der Waals surface area (Å²) < 4.78 is 5.50. The second-order valence-corrected chi connectivity index (χ2v) is 3.48. The van der Waals surface area contributed by atoms with E-state index in [0.29, 0.717) is 0 Å². The number of fused-ring (bicyclic) bond motifs is 1. The van der Waals surface area contributed by atoms with Gasteiger partial charge in [0.1, 0.15) is 11.3 Å². The lowest BCUT2D eigenvalue weighted by atomic mass is 10.1. The van der Waals surface area contributed by atoms with Gasteiger partial charge in [0.15, 0.2) is 0 Å². The molecule has 0 radical (unpaired) electrons. The second-order valence-electron chi connectivity index (χ2n) is 3.48. The Hall–Kier alpha value is -1.24. The maximum absolute atomic E-state index is 5.50. The summed E-state index contributed by atoms with van der Waals surface area (Å²) in [5, 5.41) is 1.23. The van der Waals surface area contributed by atoms with Crippen LogP contribution in [-0.4, -0.2) is 0 Å². The average Bonchev–Trinajstić information content (AvgIpc) is 2.44. The van der Waals surface area contributed by atoms with E-state index in [2.05, 4.69) is 31.2 Å². The first-order valence-electron chi connectivity index (χ1n) is 4.78. The molecule has 0 aliphatic rings. The van der Waals surface area contributed by atoms with Gasteiger partial charge in [0.05, 0.1) is 0 Å². The van der Waals surface area contributed by atoms with Crippen molar-refractivity contribution < 1.29 is 4.42 Å². The Kier molecular flexibility index (Phi) is 2.09. The molecule has 0 amide bonds. The zero-order valence-electron chi connectivity index (χ0n) is 8.13. The molecule has 1 aromatic heterocycles. The number of benzene rings is 1. The van der Waals surface area contributed by atoms with Gasteiger partial charge in [0.2, 0.25) is 0 Å². The summed E-state index contributed by atoms with van der Waals surface area (Å²) in [6.45, 7) is 4.18. The van der Waals surface area contributed by atoms with E-state index in [1.54, 1.807) is 0 Å². The Bertz CT molecular complexity index is 412. The molecule has 1 heteroatoms. The summed E-state index contributed by atoms with van der Waals surface area (Å²) in [5.74, 6) is 0.989. The van der Waals surface area contributed by atoms with Crippen molar-refractivity contribution in [2.75, 3.05) is 0 Å². The molecule has 1 aromatic carbocycles. The van der Waals surface area contributed by atoms with Crippen LogP contribution in [0.2, 0.25) is 0 Å². The van der Waals surface area contributed by atoms with Crippen LogP contribution in [0, 0.1) is 6.92 Å². The first kappa shape index (κ1) is 8.36. The second kappa shape index (κ2) is 3.25. The zero-order chi connectivity index (χ0) is 9.26. The molecule has 0 saturated heterocycles. The van der Waals surface area contributed by atoms with Crippen LogP contribution in [0.25, 0.3) is 11.0 Å². The van der Waals surface area contributed by atoms with E-state index in [4.69, 9.17) is 4.42 Å². The third-order valence-electron chi connectivity index (χ3n) is 2.24. The maximum atomic E-state index is 5.50. The fraction of sp³-hybridized carbons (Fsp3) is 0.333. The molecule has 0 spiro atoms. The number of aryl methyl sites for hydroxylation is 2. The van der Waals surface area contributed by atoms with Gasteiger partial charge in [0.25, 0.3) is 0 Å². The average molecular weight is 174 g/mol. The summed E-state index contributed by atoms with van der Waals surface area (Å²) in [4.78, 5) is 0. The number of hydrogen-bond acceptors (Lipinski definition) is 1. The summed E-state index contributed by atoms with van der Waals surface area (Å²) in [6.07, 6.45) is 2.35. The van der Waals surface area contributed by atoms with Gasteiger partial charge in [-0.25, -0.2) is 0 Å². The van der Waals surface area contributed by atoms with Gasteiger partial charge in [-0.15, -0.1) is 0 Å². The summed E-state index contributed by atoms with van der Waals surface area (Å²) in [7, 11) is 0. The van der Waals surface area contributed by atoms with Gasteiger partial charge in [0, 0.05) is 5.39 Å². The highest BCUT2D eigenvalue weighted by Crippen LogP contribution is 2.20. The van der Waals surface area contributed by atoms with Gasteiger partial charge < -0.3 is 4.42 Å². The van der Waals surface area contributed by atoms with E-state index in [-0.39, 0.29) is 0 Å². The SMILES string of the molecule is CCCc1ccc2oc(C)cc2c1. The molecule has 0 unspecified atom stereocenters. The Labute approximate surface area is 78.4 Å². The van der Waals surface area contributed by atoms with Crippen LogP contribution in [0.15, 0.2) is 28.7 Å². The van der Waals surface area contributed by atoms with Crippen LogP contribution in [-0.2, 0) is 6.42 Å². The smallest absolute Gasteiger partial charge is 0.134 e. The molecule has 2 aromatic rings. The van der Waals surface area contributed by atoms with E-state index >= 15 is 0 Å². The Morgan fingerprint density at radius 3 is 2.85 bits per heavy atom. The van der Waals surface area contributed by atoms with Gasteiger partial charge in [-0.05, 0) is 37.1 Å². The molecule has 0 bridgehead atoms. The van der Waals surface area contributed by atoms with Crippen LogP contribution in [0.5, 0.6) is 0 Å². The van der Waals surface area contributed by atoms with Crippen LogP contribution in [0.3, 0.4) is 0 Å². The lowest BCUT2D eigenvalue weighted by Gasteiger charge is -1.96. The van der Waals surface area contributed by atoms with Crippen LogP contribution >= 0.6 is 0 Å².